The van der Waals surface area contributed by atoms with E-state index < -0.39 is 11.5 Å². The van der Waals surface area contributed by atoms with Gasteiger partial charge in [0.05, 0.1) is 11.5 Å². The average molecular weight is 297 g/mol. The Labute approximate surface area is 119 Å². The molecule has 108 valence electrons. The fraction of sp³-hybridized carbons (Fsp3) is 0.667. The van der Waals surface area contributed by atoms with Gasteiger partial charge >= 0.3 is 5.97 Å². The molecule has 1 saturated carbocycles. The van der Waals surface area contributed by atoms with Crippen molar-refractivity contribution in [2.24, 2.45) is 5.92 Å². The zero-order valence-corrected chi connectivity index (χ0v) is 11.9. The lowest BCUT2D eigenvalue weighted by atomic mass is 9.73. The minimum Gasteiger partial charge on any atom is -0.481 e. The number of carboxylic acid groups (broad SMARTS) is 1. The summed E-state index contributed by atoms with van der Waals surface area (Å²) in [6.07, 6.45) is 1.73. The van der Waals surface area contributed by atoms with Crippen LogP contribution in [0, 0.1) is 12.8 Å². The van der Waals surface area contributed by atoms with Gasteiger partial charge < -0.3 is 14.5 Å². The Morgan fingerprint density at radius 1 is 1.50 bits per heavy atom. The number of carbonyl (C=O) groups excluding carboxylic acids is 1. The lowest BCUT2D eigenvalue weighted by Gasteiger charge is -2.38. The standard InChI is InChI=1S/C12H15N3O4S/c1-7-13-11(19-14-7)12-2-8(3-12)4-15(12)9(16)5-20-6-10(17)18/h8H,2-6H2,1H3,(H,17,18). The first-order chi connectivity index (χ1) is 9.51. The first-order valence-corrected chi connectivity index (χ1v) is 7.57. The zero-order valence-electron chi connectivity index (χ0n) is 11.0. The molecule has 1 amide bonds. The number of fused-ring (bicyclic) bond motifs is 1. The van der Waals surface area contributed by atoms with E-state index in [1.54, 1.807) is 11.8 Å². The average Bonchev–Trinajstić information content (AvgIpc) is 2.98. The summed E-state index contributed by atoms with van der Waals surface area (Å²) in [5.74, 6) is 0.736. The highest BCUT2D eigenvalue weighted by atomic mass is 32.2. The molecule has 1 aromatic heterocycles. The summed E-state index contributed by atoms with van der Waals surface area (Å²) in [7, 11) is 0. The van der Waals surface area contributed by atoms with Crippen LogP contribution in [0.4, 0.5) is 0 Å². The fourth-order valence-electron chi connectivity index (χ4n) is 3.10. The quantitative estimate of drug-likeness (QED) is 0.852. The van der Waals surface area contributed by atoms with Crippen molar-refractivity contribution in [3.05, 3.63) is 11.7 Å². The number of hydrogen-bond donors (Lipinski definition) is 1. The molecule has 1 aliphatic carbocycles. The number of hydrogen-bond acceptors (Lipinski definition) is 6. The number of carboxylic acids is 1. The number of aliphatic carboxylic acids is 1. The Kier molecular flexibility index (Phi) is 3.19. The highest BCUT2D eigenvalue weighted by molar-refractivity contribution is 8.00. The molecule has 2 bridgehead atoms. The Morgan fingerprint density at radius 2 is 2.25 bits per heavy atom. The van der Waals surface area contributed by atoms with Crippen LogP contribution in [0.1, 0.15) is 24.6 Å². The van der Waals surface area contributed by atoms with Crippen LogP contribution in [0.5, 0.6) is 0 Å². The minimum atomic E-state index is -0.907. The Hall–Kier alpha value is -1.57. The Morgan fingerprint density at radius 3 is 2.85 bits per heavy atom. The molecule has 1 aromatic rings. The number of nitrogens with zero attached hydrogens (tertiary/aromatic N) is 3. The summed E-state index contributed by atoms with van der Waals surface area (Å²) in [5, 5.41) is 12.4. The van der Waals surface area contributed by atoms with Crippen LogP contribution < -0.4 is 0 Å². The molecule has 0 aromatic carbocycles. The smallest absolute Gasteiger partial charge is 0.313 e. The molecule has 2 aliphatic heterocycles. The monoisotopic (exact) mass is 297 g/mol. The van der Waals surface area contributed by atoms with Crippen molar-refractivity contribution in [2.45, 2.75) is 25.3 Å². The Bertz CT molecular complexity index is 553. The van der Waals surface area contributed by atoms with Crippen LogP contribution >= 0.6 is 11.8 Å². The summed E-state index contributed by atoms with van der Waals surface area (Å²) in [5.41, 5.74) is -0.438. The molecule has 3 heterocycles. The van der Waals surface area contributed by atoms with E-state index in [-0.39, 0.29) is 17.4 Å². The highest BCUT2D eigenvalue weighted by Crippen LogP contribution is 2.56. The van der Waals surface area contributed by atoms with Gasteiger partial charge in [0, 0.05) is 6.54 Å². The third-order valence-electron chi connectivity index (χ3n) is 3.89. The maximum absolute atomic E-state index is 12.3. The van der Waals surface area contributed by atoms with Crippen molar-refractivity contribution in [1.29, 1.82) is 0 Å². The van der Waals surface area contributed by atoms with Gasteiger partial charge in [0.25, 0.3) is 5.89 Å². The maximum atomic E-state index is 12.3. The van der Waals surface area contributed by atoms with Gasteiger partial charge in [0.1, 0.15) is 5.54 Å². The zero-order chi connectivity index (χ0) is 14.3. The van der Waals surface area contributed by atoms with Gasteiger partial charge in [0.2, 0.25) is 5.91 Å². The van der Waals surface area contributed by atoms with Crippen LogP contribution in [0.2, 0.25) is 0 Å². The third-order valence-corrected chi connectivity index (χ3v) is 4.79. The third kappa shape index (κ3) is 2.07. The van der Waals surface area contributed by atoms with Gasteiger partial charge in [-0.1, -0.05) is 5.16 Å². The molecule has 0 spiro atoms. The first-order valence-electron chi connectivity index (χ1n) is 6.42. The molecule has 1 N–H and O–H groups in total. The molecule has 4 rings (SSSR count). The van der Waals surface area contributed by atoms with Crippen LogP contribution in [0.25, 0.3) is 0 Å². The first kappa shape index (κ1) is 13.4. The molecule has 3 aliphatic rings. The Balaban J connectivity index is 1.70. The van der Waals surface area contributed by atoms with Gasteiger partial charge in [-0.15, -0.1) is 11.8 Å². The van der Waals surface area contributed by atoms with E-state index in [0.717, 1.165) is 24.6 Å². The number of amides is 1. The minimum absolute atomic E-state index is 0.0490. The molecule has 8 heteroatoms. The fourth-order valence-corrected chi connectivity index (χ4v) is 3.71. The summed E-state index contributed by atoms with van der Waals surface area (Å²) >= 11 is 1.12. The summed E-state index contributed by atoms with van der Waals surface area (Å²) < 4.78 is 5.26. The number of aryl methyl sites for hydroxylation is 1. The van der Waals surface area contributed by atoms with E-state index in [1.165, 1.54) is 0 Å². The second-order valence-corrected chi connectivity index (χ2v) is 6.33. The van der Waals surface area contributed by atoms with E-state index in [9.17, 15) is 9.59 Å². The van der Waals surface area contributed by atoms with Gasteiger partial charge in [-0.25, -0.2) is 0 Å². The van der Waals surface area contributed by atoms with Gasteiger partial charge in [-0.05, 0) is 25.7 Å². The van der Waals surface area contributed by atoms with Crippen molar-refractivity contribution in [1.82, 2.24) is 15.0 Å². The molecular weight excluding hydrogens is 282 g/mol. The van der Waals surface area contributed by atoms with Gasteiger partial charge in [0.15, 0.2) is 5.82 Å². The number of thioether (sulfide) groups is 1. The molecule has 0 atom stereocenters. The molecule has 7 nitrogen and oxygen atoms in total. The largest absolute Gasteiger partial charge is 0.481 e. The molecule has 0 unspecified atom stereocenters. The normalized spacial score (nSPS) is 27.4. The number of rotatable bonds is 5. The lowest BCUT2D eigenvalue weighted by molar-refractivity contribution is -0.134. The molecule has 20 heavy (non-hydrogen) atoms. The van der Waals surface area contributed by atoms with Crippen molar-refractivity contribution < 1.29 is 19.2 Å². The SMILES string of the molecule is Cc1noc(C23CC(CN2C(=O)CSCC(=O)O)C3)n1. The predicted octanol–water partition coefficient (Wildman–Crippen LogP) is 0.643. The summed E-state index contributed by atoms with van der Waals surface area (Å²) in [6.45, 7) is 2.46. The van der Waals surface area contributed by atoms with E-state index in [1.807, 2.05) is 0 Å². The van der Waals surface area contributed by atoms with Crippen molar-refractivity contribution in [3.8, 4) is 0 Å². The highest BCUT2D eigenvalue weighted by Gasteiger charge is 2.61. The molecular formula is C12H15N3O4S. The van der Waals surface area contributed by atoms with Gasteiger partial charge in [-0.2, -0.15) is 4.98 Å². The van der Waals surface area contributed by atoms with Crippen molar-refractivity contribution >= 4 is 23.6 Å². The lowest BCUT2D eigenvalue weighted by Crippen LogP contribution is -2.46. The number of carbonyl (C=O) groups is 2. The molecule has 3 fully saturated rings. The van der Waals surface area contributed by atoms with E-state index in [2.05, 4.69) is 10.1 Å². The van der Waals surface area contributed by atoms with Crippen molar-refractivity contribution in [2.75, 3.05) is 18.1 Å². The van der Waals surface area contributed by atoms with Crippen LogP contribution in [0.3, 0.4) is 0 Å². The predicted molar refractivity (Wildman–Crippen MR) is 70.1 cm³/mol. The maximum Gasteiger partial charge on any atom is 0.313 e. The van der Waals surface area contributed by atoms with Gasteiger partial charge in [-0.3, -0.25) is 9.59 Å². The summed E-state index contributed by atoms with van der Waals surface area (Å²) in [4.78, 5) is 28.8. The van der Waals surface area contributed by atoms with Crippen LogP contribution in [0.15, 0.2) is 4.52 Å². The van der Waals surface area contributed by atoms with E-state index in [4.69, 9.17) is 9.63 Å². The summed E-state index contributed by atoms with van der Waals surface area (Å²) in [6, 6.07) is 0. The van der Waals surface area contributed by atoms with E-state index >= 15 is 0 Å². The van der Waals surface area contributed by atoms with E-state index in [0.29, 0.717) is 24.2 Å². The van der Waals surface area contributed by atoms with Crippen molar-refractivity contribution in [3.63, 3.8) is 0 Å². The second kappa shape index (κ2) is 4.76. The molecule has 2 saturated heterocycles. The number of aromatic nitrogens is 2. The van der Waals surface area contributed by atoms with Crippen LogP contribution in [-0.4, -0.2) is 50.1 Å². The molecule has 0 radical (unpaired) electrons. The topological polar surface area (TPSA) is 96.5 Å². The van der Waals surface area contributed by atoms with Crippen LogP contribution in [-0.2, 0) is 15.1 Å². The second-order valence-electron chi connectivity index (χ2n) is 5.34.